The number of carbonyl (C=O) groups is 1. The minimum atomic E-state index is -0.427. The van der Waals surface area contributed by atoms with Crippen molar-refractivity contribution >= 4 is 39.7 Å². The van der Waals surface area contributed by atoms with Crippen molar-refractivity contribution < 1.29 is 4.79 Å². The Hall–Kier alpha value is -3.10. The lowest BCUT2D eigenvalue weighted by atomic mass is 10.1. The number of Topliss-reactive ketones (excluding diaryl/α,β-unsaturated/α-hetero) is 1. The number of aryl methyl sites for hydroxylation is 1. The van der Waals surface area contributed by atoms with Gasteiger partial charge in [0.05, 0.1) is 11.3 Å². The molecule has 1 aromatic heterocycles. The van der Waals surface area contributed by atoms with E-state index in [9.17, 15) is 10.1 Å². The summed E-state index contributed by atoms with van der Waals surface area (Å²) in [6, 6.07) is 16.2. The molecule has 0 unspecified atom stereocenters. The van der Waals surface area contributed by atoms with E-state index in [1.807, 2.05) is 41.9 Å². The molecular formula is C18H13ClN4O. The van der Waals surface area contributed by atoms with Crippen molar-refractivity contribution in [2.45, 2.75) is 0 Å². The summed E-state index contributed by atoms with van der Waals surface area (Å²) in [5.41, 5.74) is 4.44. The van der Waals surface area contributed by atoms with E-state index in [0.29, 0.717) is 16.3 Å². The highest BCUT2D eigenvalue weighted by Crippen LogP contribution is 2.21. The number of nitriles is 1. The second-order valence-corrected chi connectivity index (χ2v) is 5.63. The Balaban J connectivity index is 1.94. The molecule has 118 valence electrons. The van der Waals surface area contributed by atoms with Gasteiger partial charge in [0.15, 0.2) is 0 Å². The maximum atomic E-state index is 12.7. The topological polar surface area (TPSA) is 70.2 Å². The van der Waals surface area contributed by atoms with Crippen molar-refractivity contribution in [3.05, 3.63) is 65.3 Å². The van der Waals surface area contributed by atoms with E-state index in [1.54, 1.807) is 30.5 Å². The highest BCUT2D eigenvalue weighted by Gasteiger charge is 2.19. The number of rotatable bonds is 4. The maximum Gasteiger partial charge on any atom is 0.226 e. The first-order chi connectivity index (χ1) is 11.6. The first-order valence-electron chi connectivity index (χ1n) is 7.18. The van der Waals surface area contributed by atoms with Crippen LogP contribution in [-0.2, 0) is 7.05 Å². The van der Waals surface area contributed by atoms with E-state index in [0.717, 1.165) is 10.9 Å². The molecule has 5 nitrogen and oxygen atoms in total. The van der Waals surface area contributed by atoms with E-state index in [2.05, 4.69) is 10.5 Å². The van der Waals surface area contributed by atoms with Crippen LogP contribution >= 0.6 is 11.6 Å². The molecule has 0 spiro atoms. The fraction of sp³-hybridized carbons (Fsp3) is 0.0556. The lowest BCUT2D eigenvalue weighted by Crippen LogP contribution is -2.14. The molecule has 2 aromatic carbocycles. The molecule has 0 radical (unpaired) electrons. The van der Waals surface area contributed by atoms with Crippen LogP contribution in [0.3, 0.4) is 0 Å². The molecule has 1 heterocycles. The van der Waals surface area contributed by atoms with Gasteiger partial charge in [-0.05, 0) is 24.3 Å². The standard InChI is InChI=1S/C18H13ClN4O/c1-23-11-15(14-7-2-3-8-17(14)23)18(24)16(10-20)22-21-13-6-4-5-12(19)9-13/h2-9,11,21H,1H3/b22-16+. The minimum absolute atomic E-state index is 0.216. The summed E-state index contributed by atoms with van der Waals surface area (Å²) in [7, 11) is 1.85. The molecule has 0 aliphatic rings. The van der Waals surface area contributed by atoms with Crippen molar-refractivity contribution in [2.24, 2.45) is 12.1 Å². The van der Waals surface area contributed by atoms with Crippen LogP contribution in [-0.4, -0.2) is 16.1 Å². The summed E-state index contributed by atoms with van der Waals surface area (Å²) in [5, 5.41) is 14.6. The van der Waals surface area contributed by atoms with Gasteiger partial charge < -0.3 is 4.57 Å². The third kappa shape index (κ3) is 3.00. The molecule has 0 atom stereocenters. The number of ketones is 1. The van der Waals surface area contributed by atoms with Gasteiger partial charge in [-0.15, -0.1) is 0 Å². The summed E-state index contributed by atoms with van der Waals surface area (Å²) < 4.78 is 1.85. The van der Waals surface area contributed by atoms with Crippen LogP contribution in [0.5, 0.6) is 0 Å². The number of halogens is 1. The largest absolute Gasteiger partial charge is 0.350 e. The fourth-order valence-corrected chi connectivity index (χ4v) is 2.65. The van der Waals surface area contributed by atoms with Crippen molar-refractivity contribution in [3.8, 4) is 6.07 Å². The number of hydrogen-bond acceptors (Lipinski definition) is 4. The third-order valence-corrected chi connectivity index (χ3v) is 3.82. The number of hydrazone groups is 1. The number of benzene rings is 2. The summed E-state index contributed by atoms with van der Waals surface area (Å²) >= 11 is 5.90. The summed E-state index contributed by atoms with van der Waals surface area (Å²) in [6.07, 6.45) is 1.71. The predicted octanol–water partition coefficient (Wildman–Crippen LogP) is 4.01. The third-order valence-electron chi connectivity index (χ3n) is 3.58. The molecule has 0 aliphatic heterocycles. The van der Waals surface area contributed by atoms with Gasteiger partial charge in [0.1, 0.15) is 6.07 Å². The Morgan fingerprint density at radius 1 is 1.25 bits per heavy atom. The monoisotopic (exact) mass is 336 g/mol. The Labute approximate surface area is 143 Å². The maximum absolute atomic E-state index is 12.7. The minimum Gasteiger partial charge on any atom is -0.350 e. The van der Waals surface area contributed by atoms with Crippen LogP contribution in [0.2, 0.25) is 5.02 Å². The summed E-state index contributed by atoms with van der Waals surface area (Å²) in [5.74, 6) is -0.427. The van der Waals surface area contributed by atoms with E-state index in [4.69, 9.17) is 11.6 Å². The van der Waals surface area contributed by atoms with Crippen molar-refractivity contribution in [1.29, 1.82) is 5.26 Å². The van der Waals surface area contributed by atoms with Gasteiger partial charge in [0.2, 0.25) is 11.5 Å². The van der Waals surface area contributed by atoms with Crippen LogP contribution in [0.4, 0.5) is 5.69 Å². The first kappa shape index (κ1) is 15.8. The average molecular weight is 337 g/mol. The van der Waals surface area contributed by atoms with Crippen molar-refractivity contribution in [1.82, 2.24) is 4.57 Å². The molecule has 0 saturated heterocycles. The van der Waals surface area contributed by atoms with Gasteiger partial charge in [-0.3, -0.25) is 10.2 Å². The first-order valence-corrected chi connectivity index (χ1v) is 7.56. The van der Waals surface area contributed by atoms with Crippen molar-refractivity contribution in [2.75, 3.05) is 5.43 Å². The van der Waals surface area contributed by atoms with Crippen molar-refractivity contribution in [3.63, 3.8) is 0 Å². The lowest BCUT2D eigenvalue weighted by Gasteiger charge is -2.01. The highest BCUT2D eigenvalue weighted by molar-refractivity contribution is 6.53. The van der Waals surface area contributed by atoms with Gasteiger partial charge >= 0.3 is 0 Å². The zero-order valence-electron chi connectivity index (χ0n) is 12.8. The predicted molar refractivity (Wildman–Crippen MR) is 95.4 cm³/mol. The molecule has 0 aliphatic carbocycles. The average Bonchev–Trinajstić information content (AvgIpc) is 2.93. The van der Waals surface area contributed by atoms with Gasteiger partial charge in [0, 0.05) is 29.2 Å². The summed E-state index contributed by atoms with van der Waals surface area (Å²) in [6.45, 7) is 0. The Kier molecular flexibility index (Phi) is 4.32. The molecule has 3 aromatic rings. The van der Waals surface area contributed by atoms with Gasteiger partial charge in [0.25, 0.3) is 0 Å². The normalized spacial score (nSPS) is 11.3. The van der Waals surface area contributed by atoms with Gasteiger partial charge in [-0.1, -0.05) is 35.9 Å². The number of para-hydroxylation sites is 1. The number of aromatic nitrogens is 1. The highest BCUT2D eigenvalue weighted by atomic mass is 35.5. The Bertz CT molecular complexity index is 998. The zero-order chi connectivity index (χ0) is 17.1. The number of nitrogens with one attached hydrogen (secondary N) is 1. The van der Waals surface area contributed by atoms with Crippen LogP contribution in [0.1, 0.15) is 10.4 Å². The molecule has 0 amide bonds. The quantitative estimate of drug-likeness (QED) is 0.444. The molecule has 6 heteroatoms. The Morgan fingerprint density at radius 2 is 2.04 bits per heavy atom. The molecule has 0 saturated carbocycles. The number of hydrogen-bond donors (Lipinski definition) is 1. The smallest absolute Gasteiger partial charge is 0.226 e. The molecule has 24 heavy (non-hydrogen) atoms. The van der Waals surface area contributed by atoms with Crippen LogP contribution in [0, 0.1) is 11.3 Å². The summed E-state index contributed by atoms with van der Waals surface area (Å²) in [4.78, 5) is 12.7. The molecular weight excluding hydrogens is 324 g/mol. The molecule has 3 rings (SSSR count). The number of fused-ring (bicyclic) bond motifs is 1. The van der Waals surface area contributed by atoms with Gasteiger partial charge in [-0.25, -0.2) is 0 Å². The Morgan fingerprint density at radius 3 is 2.79 bits per heavy atom. The SMILES string of the molecule is Cn1cc(C(=O)/C(C#N)=N/Nc2cccc(Cl)c2)c2ccccc21. The van der Waals surface area contributed by atoms with Crippen LogP contribution in [0.25, 0.3) is 10.9 Å². The second kappa shape index (κ2) is 6.57. The lowest BCUT2D eigenvalue weighted by molar-refractivity contribution is 0.106. The molecule has 0 fully saturated rings. The van der Waals surface area contributed by atoms with E-state index < -0.39 is 5.78 Å². The van der Waals surface area contributed by atoms with Crippen LogP contribution < -0.4 is 5.43 Å². The second-order valence-electron chi connectivity index (χ2n) is 5.19. The molecule has 0 bridgehead atoms. The van der Waals surface area contributed by atoms with E-state index >= 15 is 0 Å². The number of carbonyl (C=O) groups excluding carboxylic acids is 1. The van der Waals surface area contributed by atoms with E-state index in [-0.39, 0.29) is 5.71 Å². The van der Waals surface area contributed by atoms with E-state index in [1.165, 1.54) is 0 Å². The van der Waals surface area contributed by atoms with Crippen LogP contribution in [0.15, 0.2) is 59.8 Å². The number of anilines is 1. The van der Waals surface area contributed by atoms with Gasteiger partial charge in [-0.2, -0.15) is 10.4 Å². The zero-order valence-corrected chi connectivity index (χ0v) is 13.6. The molecule has 1 N–H and O–H groups in total. The fourth-order valence-electron chi connectivity index (χ4n) is 2.46. The number of nitrogens with zero attached hydrogens (tertiary/aromatic N) is 3.